The van der Waals surface area contributed by atoms with Gasteiger partial charge >= 0.3 is 0 Å². The van der Waals surface area contributed by atoms with E-state index in [1.807, 2.05) is 0 Å². The average Bonchev–Trinajstić information content (AvgIpc) is 2.96. The zero-order valence-corrected chi connectivity index (χ0v) is 12.2. The van der Waals surface area contributed by atoms with Crippen LogP contribution in [0, 0.1) is 11.8 Å². The van der Waals surface area contributed by atoms with Gasteiger partial charge in [0.2, 0.25) is 0 Å². The quantitative estimate of drug-likeness (QED) is 0.923. The summed E-state index contributed by atoms with van der Waals surface area (Å²) in [6, 6.07) is 6.24. The molecule has 2 aliphatic rings. The highest BCUT2D eigenvalue weighted by atomic mass is 79.9. The predicted octanol–water partition coefficient (Wildman–Crippen LogP) is 3.52. The summed E-state index contributed by atoms with van der Waals surface area (Å²) in [5, 5.41) is 0. The van der Waals surface area contributed by atoms with Gasteiger partial charge in [-0.3, -0.25) is 0 Å². The van der Waals surface area contributed by atoms with Crippen LogP contribution in [0.3, 0.4) is 0 Å². The minimum atomic E-state index is 0.430. The summed E-state index contributed by atoms with van der Waals surface area (Å²) in [5.74, 6) is 2.73. The van der Waals surface area contributed by atoms with Crippen LogP contribution in [-0.2, 0) is 6.42 Å². The van der Waals surface area contributed by atoms with E-state index >= 15 is 0 Å². The molecule has 18 heavy (non-hydrogen) atoms. The van der Waals surface area contributed by atoms with Crippen molar-refractivity contribution in [1.82, 2.24) is 0 Å². The van der Waals surface area contributed by atoms with E-state index in [2.05, 4.69) is 34.1 Å². The Morgan fingerprint density at radius 3 is 2.83 bits per heavy atom. The van der Waals surface area contributed by atoms with Crippen LogP contribution < -0.4 is 10.5 Å². The highest BCUT2D eigenvalue weighted by Gasteiger charge is 2.41. The van der Waals surface area contributed by atoms with Gasteiger partial charge in [0.1, 0.15) is 11.9 Å². The van der Waals surface area contributed by atoms with Gasteiger partial charge in [0.25, 0.3) is 0 Å². The molecule has 2 bridgehead atoms. The van der Waals surface area contributed by atoms with E-state index in [0.717, 1.165) is 28.5 Å². The lowest BCUT2D eigenvalue weighted by molar-refractivity contribution is 0.136. The van der Waals surface area contributed by atoms with Gasteiger partial charge in [-0.1, -0.05) is 12.1 Å². The molecule has 2 nitrogen and oxygen atoms in total. The third-order valence-corrected chi connectivity index (χ3v) is 5.03. The molecule has 2 fully saturated rings. The van der Waals surface area contributed by atoms with E-state index in [0.29, 0.717) is 12.6 Å². The van der Waals surface area contributed by atoms with Crippen LogP contribution in [0.25, 0.3) is 0 Å². The van der Waals surface area contributed by atoms with Crippen molar-refractivity contribution < 1.29 is 4.74 Å². The van der Waals surface area contributed by atoms with E-state index in [1.165, 1.54) is 31.2 Å². The molecule has 0 aromatic heterocycles. The molecule has 3 rings (SSSR count). The predicted molar refractivity (Wildman–Crippen MR) is 76.8 cm³/mol. The standard InChI is InChI=1S/C15H20BrNO/c16-13-3-1-2-11(6-7-17)15(13)18-14-9-10-4-5-12(14)8-10/h1-3,10,12,14H,4-9,17H2. The lowest BCUT2D eigenvalue weighted by atomic mass is 9.97. The van der Waals surface area contributed by atoms with Crippen LogP contribution in [0.4, 0.5) is 0 Å². The first-order chi connectivity index (χ1) is 8.78. The van der Waals surface area contributed by atoms with Crippen molar-refractivity contribution in [1.29, 1.82) is 0 Å². The summed E-state index contributed by atoms with van der Waals surface area (Å²) in [5.41, 5.74) is 6.91. The second kappa shape index (κ2) is 5.22. The number of rotatable bonds is 4. The van der Waals surface area contributed by atoms with Crippen molar-refractivity contribution in [2.24, 2.45) is 17.6 Å². The molecule has 0 aliphatic heterocycles. The maximum absolute atomic E-state index is 6.32. The Hall–Kier alpha value is -0.540. The molecule has 98 valence electrons. The number of hydrogen-bond donors (Lipinski definition) is 1. The molecular formula is C15H20BrNO. The molecular weight excluding hydrogens is 290 g/mol. The van der Waals surface area contributed by atoms with E-state index in [9.17, 15) is 0 Å². The molecule has 1 aromatic rings. The van der Waals surface area contributed by atoms with Crippen LogP contribution in [-0.4, -0.2) is 12.6 Å². The Morgan fingerprint density at radius 2 is 2.17 bits per heavy atom. The summed E-state index contributed by atoms with van der Waals surface area (Å²) in [6.45, 7) is 0.670. The second-order valence-electron chi connectivity index (χ2n) is 5.60. The van der Waals surface area contributed by atoms with Gasteiger partial charge in [-0.15, -0.1) is 0 Å². The fraction of sp³-hybridized carbons (Fsp3) is 0.600. The minimum absolute atomic E-state index is 0.430. The van der Waals surface area contributed by atoms with Gasteiger partial charge in [-0.25, -0.2) is 0 Å². The summed E-state index contributed by atoms with van der Waals surface area (Å²) in [7, 11) is 0. The summed E-state index contributed by atoms with van der Waals surface area (Å²) in [4.78, 5) is 0. The SMILES string of the molecule is NCCc1cccc(Br)c1OC1CC2CCC1C2. The maximum Gasteiger partial charge on any atom is 0.137 e. The third kappa shape index (κ3) is 2.30. The normalized spacial score (nSPS) is 29.8. The largest absolute Gasteiger partial charge is 0.489 e. The number of ether oxygens (including phenoxy) is 1. The molecule has 0 amide bonds. The first-order valence-corrected chi connectivity index (χ1v) is 7.71. The number of fused-ring (bicyclic) bond motifs is 2. The molecule has 3 heteroatoms. The van der Waals surface area contributed by atoms with Gasteiger partial charge in [0, 0.05) is 0 Å². The minimum Gasteiger partial charge on any atom is -0.489 e. The summed E-state index contributed by atoms with van der Waals surface area (Å²) >= 11 is 3.61. The summed E-state index contributed by atoms with van der Waals surface area (Å²) in [6.07, 6.45) is 6.70. The van der Waals surface area contributed by atoms with Crippen molar-refractivity contribution in [3.63, 3.8) is 0 Å². The second-order valence-corrected chi connectivity index (χ2v) is 6.45. The first kappa shape index (κ1) is 12.5. The Labute approximate surface area is 117 Å². The van der Waals surface area contributed by atoms with Gasteiger partial charge in [0.05, 0.1) is 4.47 Å². The van der Waals surface area contributed by atoms with Gasteiger partial charge in [-0.2, -0.15) is 0 Å². The van der Waals surface area contributed by atoms with Crippen molar-refractivity contribution in [3.8, 4) is 5.75 Å². The Kier molecular flexibility index (Phi) is 3.62. The number of nitrogens with two attached hydrogens (primary N) is 1. The Morgan fingerprint density at radius 1 is 1.28 bits per heavy atom. The molecule has 0 heterocycles. The van der Waals surface area contributed by atoms with Crippen LogP contribution in [0.5, 0.6) is 5.75 Å². The molecule has 0 saturated heterocycles. The molecule has 2 saturated carbocycles. The van der Waals surface area contributed by atoms with Crippen molar-refractivity contribution in [2.75, 3.05) is 6.54 Å². The topological polar surface area (TPSA) is 35.2 Å². The Balaban J connectivity index is 1.79. The van der Waals surface area contributed by atoms with Crippen molar-refractivity contribution >= 4 is 15.9 Å². The highest BCUT2D eigenvalue weighted by molar-refractivity contribution is 9.10. The first-order valence-electron chi connectivity index (χ1n) is 6.92. The number of halogens is 1. The van der Waals surface area contributed by atoms with Crippen LogP contribution in [0.1, 0.15) is 31.2 Å². The fourth-order valence-corrected chi connectivity index (χ4v) is 4.02. The van der Waals surface area contributed by atoms with Gasteiger partial charge < -0.3 is 10.5 Å². The fourth-order valence-electron chi connectivity index (χ4n) is 3.52. The lowest BCUT2D eigenvalue weighted by Crippen LogP contribution is -2.24. The molecule has 2 aliphatic carbocycles. The smallest absolute Gasteiger partial charge is 0.137 e. The van der Waals surface area contributed by atoms with Crippen LogP contribution in [0.2, 0.25) is 0 Å². The van der Waals surface area contributed by atoms with E-state index < -0.39 is 0 Å². The lowest BCUT2D eigenvalue weighted by Gasteiger charge is -2.25. The number of para-hydroxylation sites is 1. The van der Waals surface area contributed by atoms with Gasteiger partial charge in [0.15, 0.2) is 0 Å². The molecule has 0 spiro atoms. The zero-order valence-electron chi connectivity index (χ0n) is 10.6. The third-order valence-electron chi connectivity index (χ3n) is 4.40. The number of benzene rings is 1. The average molecular weight is 310 g/mol. The van der Waals surface area contributed by atoms with Crippen molar-refractivity contribution in [3.05, 3.63) is 28.2 Å². The summed E-state index contributed by atoms with van der Waals surface area (Å²) < 4.78 is 7.39. The maximum atomic E-state index is 6.32. The van der Waals surface area contributed by atoms with E-state index in [-0.39, 0.29) is 0 Å². The molecule has 3 atom stereocenters. The van der Waals surface area contributed by atoms with Crippen LogP contribution in [0.15, 0.2) is 22.7 Å². The Bertz CT molecular complexity index is 435. The zero-order chi connectivity index (χ0) is 12.5. The monoisotopic (exact) mass is 309 g/mol. The van der Waals surface area contributed by atoms with E-state index in [4.69, 9.17) is 10.5 Å². The molecule has 2 N–H and O–H groups in total. The van der Waals surface area contributed by atoms with Gasteiger partial charge in [-0.05, 0) is 78.0 Å². The number of hydrogen-bond acceptors (Lipinski definition) is 2. The molecule has 3 unspecified atom stereocenters. The van der Waals surface area contributed by atoms with E-state index in [1.54, 1.807) is 0 Å². The van der Waals surface area contributed by atoms with Crippen molar-refractivity contribution in [2.45, 2.75) is 38.2 Å². The molecule has 1 aromatic carbocycles. The highest BCUT2D eigenvalue weighted by Crippen LogP contribution is 2.47. The van der Waals surface area contributed by atoms with Crippen LogP contribution >= 0.6 is 15.9 Å². The molecule has 0 radical (unpaired) electrons.